The molecule has 3 heterocycles. The number of rotatable bonds is 4. The van der Waals surface area contributed by atoms with Gasteiger partial charge >= 0.3 is 0 Å². The first-order chi connectivity index (χ1) is 13.0. The Morgan fingerprint density at radius 2 is 2.04 bits per heavy atom. The summed E-state index contributed by atoms with van der Waals surface area (Å²) in [5.41, 5.74) is 1.55. The van der Waals surface area contributed by atoms with Crippen LogP contribution in [0.15, 0.2) is 4.52 Å². The quantitative estimate of drug-likeness (QED) is 0.814. The molecule has 0 radical (unpaired) electrons. The van der Waals surface area contributed by atoms with Crippen molar-refractivity contribution in [2.75, 3.05) is 27.2 Å². The highest BCUT2D eigenvalue weighted by Crippen LogP contribution is 2.29. The Balaban J connectivity index is 1.51. The van der Waals surface area contributed by atoms with E-state index >= 15 is 0 Å². The first-order valence-electron chi connectivity index (χ1n) is 9.84. The van der Waals surface area contributed by atoms with E-state index in [2.05, 4.69) is 24.8 Å². The van der Waals surface area contributed by atoms with Crippen LogP contribution < -0.4 is 0 Å². The molecule has 8 heteroatoms. The van der Waals surface area contributed by atoms with E-state index in [1.165, 1.54) is 0 Å². The number of likely N-dealkylation sites (tertiary alicyclic amines) is 1. The van der Waals surface area contributed by atoms with E-state index in [0.717, 1.165) is 74.6 Å². The molecule has 2 aromatic heterocycles. The van der Waals surface area contributed by atoms with Crippen LogP contribution >= 0.6 is 0 Å². The minimum Gasteiger partial charge on any atom is -0.360 e. The Labute approximate surface area is 159 Å². The van der Waals surface area contributed by atoms with Gasteiger partial charge in [-0.1, -0.05) is 5.16 Å². The van der Waals surface area contributed by atoms with Gasteiger partial charge in [-0.05, 0) is 46.2 Å². The summed E-state index contributed by atoms with van der Waals surface area (Å²) in [4.78, 5) is 17.1. The summed E-state index contributed by atoms with van der Waals surface area (Å²) in [5, 5.41) is 12.9. The maximum Gasteiger partial charge on any atom is 0.276 e. The van der Waals surface area contributed by atoms with Gasteiger partial charge in [-0.3, -0.25) is 4.79 Å². The molecule has 1 aliphatic carbocycles. The number of hydrogen-bond acceptors (Lipinski definition) is 6. The largest absolute Gasteiger partial charge is 0.360 e. The third kappa shape index (κ3) is 3.50. The molecule has 0 spiro atoms. The van der Waals surface area contributed by atoms with E-state index < -0.39 is 0 Å². The number of nitrogens with zero attached hydrogens (tertiary/aromatic N) is 6. The van der Waals surface area contributed by atoms with E-state index in [0.29, 0.717) is 12.2 Å². The second-order valence-electron chi connectivity index (χ2n) is 8.00. The van der Waals surface area contributed by atoms with Crippen molar-refractivity contribution in [2.24, 2.45) is 7.05 Å². The lowest BCUT2D eigenvalue weighted by Crippen LogP contribution is -2.40. The van der Waals surface area contributed by atoms with Crippen LogP contribution in [0.4, 0.5) is 0 Å². The molecule has 0 unspecified atom stereocenters. The summed E-state index contributed by atoms with van der Waals surface area (Å²) in [6, 6.07) is 0. The Bertz CT molecular complexity index is 824. The molecule has 1 fully saturated rings. The van der Waals surface area contributed by atoms with Crippen molar-refractivity contribution in [3.05, 3.63) is 28.7 Å². The number of aryl methyl sites for hydroxylation is 1. The minimum absolute atomic E-state index is 0.00211. The molecule has 4 rings (SSSR count). The molecule has 0 aromatic carbocycles. The van der Waals surface area contributed by atoms with E-state index in [4.69, 9.17) is 4.52 Å². The summed E-state index contributed by atoms with van der Waals surface area (Å²) >= 11 is 0. The molecule has 0 N–H and O–H groups in total. The summed E-state index contributed by atoms with van der Waals surface area (Å²) in [7, 11) is 6.06. The monoisotopic (exact) mass is 372 g/mol. The molecule has 1 amide bonds. The van der Waals surface area contributed by atoms with Crippen LogP contribution in [0, 0.1) is 0 Å². The van der Waals surface area contributed by atoms with Gasteiger partial charge in [0.25, 0.3) is 5.91 Å². The summed E-state index contributed by atoms with van der Waals surface area (Å²) in [5.74, 6) is 3.02. The molecule has 1 aliphatic heterocycles. The van der Waals surface area contributed by atoms with Crippen LogP contribution in [-0.2, 0) is 26.4 Å². The zero-order chi connectivity index (χ0) is 19.0. The third-order valence-electron chi connectivity index (χ3n) is 5.68. The number of aromatic nitrogens is 4. The zero-order valence-electron chi connectivity index (χ0n) is 16.4. The van der Waals surface area contributed by atoms with Gasteiger partial charge in [-0.2, -0.15) is 0 Å². The van der Waals surface area contributed by atoms with Gasteiger partial charge in [-0.25, -0.2) is 0 Å². The van der Waals surface area contributed by atoms with Crippen molar-refractivity contribution < 1.29 is 9.32 Å². The van der Waals surface area contributed by atoms with Gasteiger partial charge in [-0.15, -0.1) is 10.2 Å². The van der Waals surface area contributed by atoms with Crippen LogP contribution in [0.25, 0.3) is 0 Å². The minimum atomic E-state index is 0.00211. The Morgan fingerprint density at radius 3 is 2.85 bits per heavy atom. The predicted molar refractivity (Wildman–Crippen MR) is 99.4 cm³/mol. The fourth-order valence-electron chi connectivity index (χ4n) is 4.23. The maximum atomic E-state index is 13.1. The summed E-state index contributed by atoms with van der Waals surface area (Å²) in [6.07, 6.45) is 5.99. The molecule has 8 nitrogen and oxygen atoms in total. The maximum absolute atomic E-state index is 13.1. The van der Waals surface area contributed by atoms with Crippen LogP contribution in [0.1, 0.15) is 65.1 Å². The molecule has 146 valence electrons. The molecule has 0 saturated carbocycles. The van der Waals surface area contributed by atoms with Crippen molar-refractivity contribution in [3.63, 3.8) is 0 Å². The lowest BCUT2D eigenvalue weighted by Gasteiger charge is -2.32. The zero-order valence-corrected chi connectivity index (χ0v) is 16.4. The SMILES string of the molecule is CN(C)Cc1nnc([C@H]2CCCN(C(=O)c3noc4c3CCCC4)C2)n1C. The standard InChI is InChI=1S/C19H28N6O2/c1-23(2)12-16-20-21-18(24(16)3)13-7-6-10-25(11-13)19(26)17-14-8-4-5-9-15(14)27-22-17/h13H,4-12H2,1-3H3/t13-/m0/s1. The predicted octanol–water partition coefficient (Wildman–Crippen LogP) is 1.76. The van der Waals surface area contributed by atoms with Crippen molar-refractivity contribution in [1.82, 2.24) is 29.7 Å². The van der Waals surface area contributed by atoms with Crippen molar-refractivity contribution >= 4 is 5.91 Å². The number of hydrogen-bond donors (Lipinski definition) is 0. The smallest absolute Gasteiger partial charge is 0.276 e. The normalized spacial score (nSPS) is 20.1. The number of fused-ring (bicyclic) bond motifs is 1. The molecule has 0 bridgehead atoms. The summed E-state index contributed by atoms with van der Waals surface area (Å²) in [6.45, 7) is 2.18. The topological polar surface area (TPSA) is 80.3 Å². The highest BCUT2D eigenvalue weighted by molar-refractivity contribution is 5.94. The van der Waals surface area contributed by atoms with Crippen molar-refractivity contribution in [2.45, 2.75) is 51.0 Å². The first kappa shape index (κ1) is 18.2. The van der Waals surface area contributed by atoms with E-state index in [1.54, 1.807) is 0 Å². The highest BCUT2D eigenvalue weighted by atomic mass is 16.5. The summed E-state index contributed by atoms with van der Waals surface area (Å²) < 4.78 is 7.52. The van der Waals surface area contributed by atoms with Gasteiger partial charge in [0.05, 0.1) is 6.54 Å². The Hall–Kier alpha value is -2.22. The second kappa shape index (κ2) is 7.42. The molecular formula is C19H28N6O2. The van der Waals surface area contributed by atoms with Gasteiger partial charge < -0.3 is 18.9 Å². The third-order valence-corrected chi connectivity index (χ3v) is 5.68. The van der Waals surface area contributed by atoms with E-state index in [1.807, 2.05) is 26.0 Å². The number of carbonyl (C=O) groups excluding carboxylic acids is 1. The Morgan fingerprint density at radius 1 is 1.22 bits per heavy atom. The fraction of sp³-hybridized carbons (Fsp3) is 0.684. The number of amides is 1. The molecule has 2 aliphatic rings. The average Bonchev–Trinajstić information content (AvgIpc) is 3.25. The van der Waals surface area contributed by atoms with E-state index in [9.17, 15) is 4.79 Å². The van der Waals surface area contributed by atoms with Gasteiger partial charge in [0, 0.05) is 38.0 Å². The second-order valence-corrected chi connectivity index (χ2v) is 8.00. The number of carbonyl (C=O) groups is 1. The number of piperidine rings is 1. The lowest BCUT2D eigenvalue weighted by atomic mass is 9.94. The molecule has 2 aromatic rings. The van der Waals surface area contributed by atoms with Crippen LogP contribution in [0.2, 0.25) is 0 Å². The fourth-order valence-corrected chi connectivity index (χ4v) is 4.23. The Kier molecular flexibility index (Phi) is 4.99. The van der Waals surface area contributed by atoms with Crippen LogP contribution in [0.5, 0.6) is 0 Å². The first-order valence-corrected chi connectivity index (χ1v) is 9.84. The average molecular weight is 372 g/mol. The van der Waals surface area contributed by atoms with Gasteiger partial charge in [0.1, 0.15) is 17.4 Å². The van der Waals surface area contributed by atoms with Gasteiger partial charge in [0.15, 0.2) is 5.69 Å². The molecule has 27 heavy (non-hydrogen) atoms. The lowest BCUT2D eigenvalue weighted by molar-refractivity contribution is 0.0692. The molecule has 1 saturated heterocycles. The van der Waals surface area contributed by atoms with Crippen LogP contribution in [0.3, 0.4) is 0 Å². The van der Waals surface area contributed by atoms with Crippen molar-refractivity contribution in [1.29, 1.82) is 0 Å². The van der Waals surface area contributed by atoms with Gasteiger partial charge in [0.2, 0.25) is 0 Å². The van der Waals surface area contributed by atoms with Crippen LogP contribution in [-0.4, -0.2) is 62.8 Å². The molecule has 1 atom stereocenters. The van der Waals surface area contributed by atoms with E-state index in [-0.39, 0.29) is 11.8 Å². The molecular weight excluding hydrogens is 344 g/mol. The highest BCUT2D eigenvalue weighted by Gasteiger charge is 2.32. The van der Waals surface area contributed by atoms with Crippen molar-refractivity contribution in [3.8, 4) is 0 Å².